The van der Waals surface area contributed by atoms with E-state index in [2.05, 4.69) is 17.1 Å². The van der Waals surface area contributed by atoms with Gasteiger partial charge in [0.2, 0.25) is 0 Å². The van der Waals surface area contributed by atoms with Crippen molar-refractivity contribution in [3.63, 3.8) is 0 Å². The molecule has 2 atom stereocenters. The molecule has 0 bridgehead atoms. The van der Waals surface area contributed by atoms with Gasteiger partial charge in [-0.3, -0.25) is 0 Å². The summed E-state index contributed by atoms with van der Waals surface area (Å²) in [5.41, 5.74) is 5.79. The van der Waals surface area contributed by atoms with E-state index in [1.165, 1.54) is 32.5 Å². The second-order valence-corrected chi connectivity index (χ2v) is 4.05. The molecule has 1 saturated heterocycles. The molecule has 68 valence electrons. The zero-order valence-electron chi connectivity index (χ0n) is 7.58. The van der Waals surface area contributed by atoms with Crippen molar-refractivity contribution in [3.8, 4) is 0 Å². The van der Waals surface area contributed by atoms with Gasteiger partial charge in [-0.15, -0.1) is 0 Å². The third kappa shape index (κ3) is 1.87. The Morgan fingerprint density at radius 1 is 1.25 bits per heavy atom. The molecule has 0 aromatic heterocycles. The van der Waals surface area contributed by atoms with Crippen molar-refractivity contribution >= 4 is 0 Å². The van der Waals surface area contributed by atoms with E-state index in [0.29, 0.717) is 6.04 Å². The quantitative estimate of drug-likeness (QED) is 0.620. The second-order valence-electron chi connectivity index (χ2n) is 4.05. The van der Waals surface area contributed by atoms with Crippen LogP contribution < -0.4 is 5.73 Å². The number of rotatable bonds is 2. The summed E-state index contributed by atoms with van der Waals surface area (Å²) in [7, 11) is 0. The number of nitrogens with zero attached hydrogens (tertiary/aromatic N) is 1. The summed E-state index contributed by atoms with van der Waals surface area (Å²) in [6.45, 7) is 3.85. The average molecular weight is 166 g/mol. The predicted molar refractivity (Wildman–Crippen MR) is 50.9 cm³/mol. The number of hydrogen-bond donors (Lipinski definition) is 1. The first-order chi connectivity index (χ1) is 5.84. The van der Waals surface area contributed by atoms with Crippen molar-refractivity contribution in [2.75, 3.05) is 19.6 Å². The van der Waals surface area contributed by atoms with Crippen LogP contribution in [0.4, 0.5) is 0 Å². The fourth-order valence-electron chi connectivity index (χ4n) is 2.24. The highest BCUT2D eigenvalue weighted by Gasteiger charge is 2.20. The molecule has 1 heterocycles. The van der Waals surface area contributed by atoms with Gasteiger partial charge < -0.3 is 10.6 Å². The van der Waals surface area contributed by atoms with Gasteiger partial charge in [0.1, 0.15) is 0 Å². The first-order valence-corrected chi connectivity index (χ1v) is 5.01. The van der Waals surface area contributed by atoms with Gasteiger partial charge >= 0.3 is 0 Å². The van der Waals surface area contributed by atoms with Crippen LogP contribution in [-0.4, -0.2) is 30.6 Å². The number of hydrogen-bond acceptors (Lipinski definition) is 2. The summed E-state index contributed by atoms with van der Waals surface area (Å²) in [5.74, 6) is 0.734. The number of likely N-dealkylation sites (tertiary alicyclic amines) is 1. The van der Waals surface area contributed by atoms with Crippen molar-refractivity contribution in [2.24, 2.45) is 11.7 Å². The molecular formula is C10H18N2. The van der Waals surface area contributed by atoms with E-state index >= 15 is 0 Å². The molecule has 1 fully saturated rings. The third-order valence-electron chi connectivity index (χ3n) is 2.90. The summed E-state index contributed by atoms with van der Waals surface area (Å²) in [4.78, 5) is 2.56. The van der Waals surface area contributed by atoms with E-state index in [1.807, 2.05) is 0 Å². The van der Waals surface area contributed by atoms with Crippen molar-refractivity contribution in [3.05, 3.63) is 12.2 Å². The lowest BCUT2D eigenvalue weighted by Gasteiger charge is -2.18. The minimum absolute atomic E-state index is 0.331. The zero-order chi connectivity index (χ0) is 8.39. The molecule has 2 unspecified atom stereocenters. The largest absolute Gasteiger partial charge is 0.324 e. The van der Waals surface area contributed by atoms with Crippen LogP contribution >= 0.6 is 0 Å². The minimum Gasteiger partial charge on any atom is -0.324 e. The Bertz CT molecular complexity index is 171. The van der Waals surface area contributed by atoms with Gasteiger partial charge in [-0.2, -0.15) is 0 Å². The fraction of sp³-hybridized carbons (Fsp3) is 0.800. The van der Waals surface area contributed by atoms with Crippen LogP contribution in [0, 0.1) is 5.92 Å². The van der Waals surface area contributed by atoms with Crippen molar-refractivity contribution < 1.29 is 0 Å². The fourth-order valence-corrected chi connectivity index (χ4v) is 2.24. The maximum Gasteiger partial charge on any atom is 0.0229 e. The van der Waals surface area contributed by atoms with Crippen LogP contribution in [-0.2, 0) is 0 Å². The van der Waals surface area contributed by atoms with Gasteiger partial charge in [-0.1, -0.05) is 12.2 Å². The molecule has 12 heavy (non-hydrogen) atoms. The van der Waals surface area contributed by atoms with Crippen LogP contribution in [0.5, 0.6) is 0 Å². The highest BCUT2D eigenvalue weighted by Crippen LogP contribution is 2.19. The van der Waals surface area contributed by atoms with E-state index in [0.717, 1.165) is 12.3 Å². The molecule has 0 amide bonds. The monoisotopic (exact) mass is 166 g/mol. The van der Waals surface area contributed by atoms with E-state index in [1.54, 1.807) is 0 Å². The molecular weight excluding hydrogens is 148 g/mol. The van der Waals surface area contributed by atoms with Crippen molar-refractivity contribution in [1.29, 1.82) is 0 Å². The van der Waals surface area contributed by atoms with Crippen LogP contribution in [0.1, 0.15) is 19.3 Å². The van der Waals surface area contributed by atoms with Crippen LogP contribution in [0.2, 0.25) is 0 Å². The molecule has 0 spiro atoms. The molecule has 1 aliphatic carbocycles. The first kappa shape index (κ1) is 8.27. The molecule has 2 N–H and O–H groups in total. The smallest absolute Gasteiger partial charge is 0.0229 e. The topological polar surface area (TPSA) is 29.3 Å². The average Bonchev–Trinajstić information content (AvgIpc) is 2.63. The summed E-state index contributed by atoms with van der Waals surface area (Å²) in [6, 6.07) is 0.331. The van der Waals surface area contributed by atoms with Gasteiger partial charge in [0, 0.05) is 12.6 Å². The summed E-state index contributed by atoms with van der Waals surface area (Å²) < 4.78 is 0. The van der Waals surface area contributed by atoms with Gasteiger partial charge in [0.25, 0.3) is 0 Å². The molecule has 0 saturated carbocycles. The van der Waals surface area contributed by atoms with Crippen LogP contribution in [0.15, 0.2) is 12.2 Å². The predicted octanol–water partition coefficient (Wildman–Crippen LogP) is 0.986. The Hall–Kier alpha value is -0.340. The first-order valence-electron chi connectivity index (χ1n) is 5.01. The number of nitrogens with two attached hydrogens (primary N) is 1. The molecule has 0 radical (unpaired) electrons. The van der Waals surface area contributed by atoms with Gasteiger partial charge in [0.05, 0.1) is 0 Å². The lowest BCUT2D eigenvalue weighted by molar-refractivity contribution is 0.298. The summed E-state index contributed by atoms with van der Waals surface area (Å²) in [6.07, 6.45) is 8.39. The second kappa shape index (κ2) is 3.58. The maximum atomic E-state index is 5.79. The SMILES string of the molecule is NC1C=CC(CN2CCCC2)C1. The molecule has 2 rings (SSSR count). The van der Waals surface area contributed by atoms with E-state index < -0.39 is 0 Å². The normalized spacial score (nSPS) is 36.4. The van der Waals surface area contributed by atoms with Crippen LogP contribution in [0.25, 0.3) is 0 Å². The third-order valence-corrected chi connectivity index (χ3v) is 2.90. The van der Waals surface area contributed by atoms with Crippen LogP contribution in [0.3, 0.4) is 0 Å². The Morgan fingerprint density at radius 2 is 2.00 bits per heavy atom. The van der Waals surface area contributed by atoms with E-state index in [9.17, 15) is 0 Å². The molecule has 2 aliphatic rings. The lowest BCUT2D eigenvalue weighted by atomic mass is 10.1. The Labute approximate surface area is 74.4 Å². The van der Waals surface area contributed by atoms with Gasteiger partial charge in [-0.05, 0) is 38.3 Å². The maximum absolute atomic E-state index is 5.79. The summed E-state index contributed by atoms with van der Waals surface area (Å²) in [5, 5.41) is 0. The molecule has 0 aromatic carbocycles. The zero-order valence-corrected chi connectivity index (χ0v) is 7.58. The van der Waals surface area contributed by atoms with Crippen molar-refractivity contribution in [1.82, 2.24) is 4.90 Å². The summed E-state index contributed by atoms with van der Waals surface area (Å²) >= 11 is 0. The lowest BCUT2D eigenvalue weighted by Crippen LogP contribution is -2.26. The molecule has 2 heteroatoms. The van der Waals surface area contributed by atoms with Gasteiger partial charge in [0.15, 0.2) is 0 Å². The minimum atomic E-state index is 0.331. The highest BCUT2D eigenvalue weighted by atomic mass is 15.1. The molecule has 0 aromatic rings. The Balaban J connectivity index is 1.76. The molecule has 2 nitrogen and oxygen atoms in total. The van der Waals surface area contributed by atoms with Gasteiger partial charge in [-0.25, -0.2) is 0 Å². The van der Waals surface area contributed by atoms with E-state index in [4.69, 9.17) is 5.73 Å². The van der Waals surface area contributed by atoms with Crippen molar-refractivity contribution in [2.45, 2.75) is 25.3 Å². The highest BCUT2D eigenvalue weighted by molar-refractivity contribution is 5.05. The van der Waals surface area contributed by atoms with E-state index in [-0.39, 0.29) is 0 Å². The Morgan fingerprint density at radius 3 is 2.58 bits per heavy atom. The standard InChI is InChI=1S/C10H18N2/c11-10-4-3-9(7-10)8-12-5-1-2-6-12/h3-4,9-10H,1-2,5-8,11H2. The molecule has 1 aliphatic heterocycles. The Kier molecular flexibility index (Phi) is 2.47.